The first kappa shape index (κ1) is 22.4. The Morgan fingerprint density at radius 2 is 2.03 bits per heavy atom. The molecule has 1 amide bonds. The van der Waals surface area contributed by atoms with Gasteiger partial charge in [-0.3, -0.25) is 15.0 Å². The van der Waals surface area contributed by atoms with Crippen molar-refractivity contribution in [1.29, 1.82) is 0 Å². The number of ether oxygens (including phenoxy) is 1. The fourth-order valence-electron chi connectivity index (χ4n) is 5.40. The molecule has 1 aromatic heterocycles. The average molecular weight is 438 g/mol. The van der Waals surface area contributed by atoms with Gasteiger partial charge in [-0.15, -0.1) is 0 Å². The highest BCUT2D eigenvalue weighted by Gasteiger charge is 2.43. The van der Waals surface area contributed by atoms with Crippen molar-refractivity contribution in [2.24, 2.45) is 0 Å². The molecular formula is C25H31N3O4. The van der Waals surface area contributed by atoms with Crippen LogP contribution in [0.4, 0.5) is 0 Å². The molecular weight excluding hydrogens is 406 g/mol. The summed E-state index contributed by atoms with van der Waals surface area (Å²) in [4.78, 5) is 27.2. The van der Waals surface area contributed by atoms with Crippen LogP contribution < -0.4 is 0 Å². The number of methoxy groups -OCH3 is 1. The molecule has 7 nitrogen and oxygen atoms in total. The zero-order valence-electron chi connectivity index (χ0n) is 19.0. The Hall–Kier alpha value is -2.77. The van der Waals surface area contributed by atoms with Crippen molar-refractivity contribution < 1.29 is 14.5 Å². The standard InChI is InChI=1S/C25H31N3O4/c1-17-14-22(32-3)25(2,20-11-12-26-24(17)20)16-27-13-5-4-6-21(27)19-9-7-18(8-10-19)15-23(29)28(30)31/h7-12,14,21-22,26H,4-6,13,15-16H2,1-3H3. The van der Waals surface area contributed by atoms with Crippen LogP contribution in [0.1, 0.15) is 61.5 Å². The predicted molar refractivity (Wildman–Crippen MR) is 123 cm³/mol. The van der Waals surface area contributed by atoms with Gasteiger partial charge in [0.2, 0.25) is 0 Å². The van der Waals surface area contributed by atoms with Crippen LogP contribution >= 0.6 is 0 Å². The minimum atomic E-state index is -0.974. The molecule has 32 heavy (non-hydrogen) atoms. The number of hydrogen-bond acceptors (Lipinski definition) is 5. The van der Waals surface area contributed by atoms with Gasteiger partial charge in [0.15, 0.2) is 0 Å². The van der Waals surface area contributed by atoms with E-state index < -0.39 is 10.8 Å². The second kappa shape index (κ2) is 9.00. The van der Waals surface area contributed by atoms with E-state index in [1.54, 1.807) is 7.11 Å². The van der Waals surface area contributed by atoms with E-state index in [2.05, 4.69) is 35.9 Å². The maximum absolute atomic E-state index is 11.4. The van der Waals surface area contributed by atoms with E-state index in [0.29, 0.717) is 5.56 Å². The summed E-state index contributed by atoms with van der Waals surface area (Å²) < 4.78 is 5.95. The van der Waals surface area contributed by atoms with E-state index in [4.69, 9.17) is 4.74 Å². The number of benzene rings is 1. The number of aromatic nitrogens is 1. The number of carbonyl (C=O) groups excluding carboxylic acids is 1. The lowest BCUT2D eigenvalue weighted by Gasteiger charge is -2.46. The Balaban J connectivity index is 1.58. The summed E-state index contributed by atoms with van der Waals surface area (Å²) in [6, 6.07) is 10.2. The fraction of sp³-hybridized carbons (Fsp3) is 0.480. The van der Waals surface area contributed by atoms with Crippen LogP contribution in [-0.2, 0) is 21.4 Å². The highest BCUT2D eigenvalue weighted by Crippen LogP contribution is 2.43. The summed E-state index contributed by atoms with van der Waals surface area (Å²) in [6.45, 7) is 6.29. The molecule has 2 heterocycles. The second-order valence-electron chi connectivity index (χ2n) is 9.24. The summed E-state index contributed by atoms with van der Waals surface area (Å²) >= 11 is 0. The van der Waals surface area contributed by atoms with E-state index in [1.165, 1.54) is 28.8 Å². The lowest BCUT2D eigenvalue weighted by atomic mass is 9.71. The number of piperidine rings is 1. The molecule has 1 N–H and O–H groups in total. The average Bonchev–Trinajstić information content (AvgIpc) is 3.29. The van der Waals surface area contributed by atoms with Gasteiger partial charge in [0, 0.05) is 37.0 Å². The van der Waals surface area contributed by atoms with Crippen LogP contribution in [0.25, 0.3) is 5.57 Å². The number of nitrogens with zero attached hydrogens (tertiary/aromatic N) is 2. The van der Waals surface area contributed by atoms with E-state index in [0.717, 1.165) is 25.9 Å². The lowest BCUT2D eigenvalue weighted by Crippen LogP contribution is -2.50. The van der Waals surface area contributed by atoms with Gasteiger partial charge in [-0.05, 0) is 60.7 Å². The Kier molecular flexibility index (Phi) is 6.31. The van der Waals surface area contributed by atoms with E-state index >= 15 is 0 Å². The first-order chi connectivity index (χ1) is 15.3. The summed E-state index contributed by atoms with van der Waals surface area (Å²) in [5.41, 5.74) is 5.38. The van der Waals surface area contributed by atoms with Gasteiger partial charge in [-0.1, -0.05) is 37.6 Å². The van der Waals surface area contributed by atoms with Crippen LogP contribution in [0.2, 0.25) is 0 Å². The Labute approximate surface area is 188 Å². The number of rotatable bonds is 6. The number of allylic oxidation sites excluding steroid dienone is 1. The first-order valence-corrected chi connectivity index (χ1v) is 11.2. The second-order valence-corrected chi connectivity index (χ2v) is 9.24. The molecule has 0 spiro atoms. The molecule has 3 atom stereocenters. The smallest absolute Gasteiger partial charge is 0.376 e. The molecule has 1 saturated heterocycles. The van der Waals surface area contributed by atoms with E-state index in [9.17, 15) is 14.9 Å². The molecule has 3 unspecified atom stereocenters. The van der Waals surface area contributed by atoms with Crippen molar-refractivity contribution in [2.75, 3.05) is 20.2 Å². The van der Waals surface area contributed by atoms with Gasteiger partial charge >= 0.3 is 5.91 Å². The third-order valence-corrected chi connectivity index (χ3v) is 7.11. The SMILES string of the molecule is COC1C=C(C)c2[nH]ccc2C1(C)CN1CCCCC1c1ccc(CC(=O)[N+](=O)[O-])cc1. The van der Waals surface area contributed by atoms with Crippen molar-refractivity contribution in [2.45, 2.75) is 57.1 Å². The van der Waals surface area contributed by atoms with Gasteiger partial charge in [0.05, 0.1) is 6.10 Å². The van der Waals surface area contributed by atoms with Gasteiger partial charge < -0.3 is 9.72 Å². The number of amides is 1. The van der Waals surface area contributed by atoms with Crippen molar-refractivity contribution >= 4 is 11.5 Å². The molecule has 170 valence electrons. The lowest BCUT2D eigenvalue weighted by molar-refractivity contribution is -0.401. The van der Waals surface area contributed by atoms with Crippen molar-refractivity contribution in [3.63, 3.8) is 0 Å². The van der Waals surface area contributed by atoms with Crippen LogP contribution in [0, 0.1) is 10.1 Å². The van der Waals surface area contributed by atoms with E-state index in [-0.39, 0.29) is 24.0 Å². The molecule has 1 aliphatic heterocycles. The summed E-state index contributed by atoms with van der Waals surface area (Å²) in [5, 5.41) is 10.7. The molecule has 2 aromatic rings. The number of H-pyrrole nitrogens is 1. The highest BCUT2D eigenvalue weighted by molar-refractivity contribution is 5.70. The quantitative estimate of drug-likeness (QED) is 0.538. The molecule has 1 aliphatic carbocycles. The zero-order valence-corrected chi connectivity index (χ0v) is 19.0. The molecule has 1 fully saturated rings. The highest BCUT2D eigenvalue weighted by atomic mass is 16.6. The number of fused-ring (bicyclic) bond motifs is 1. The molecule has 0 radical (unpaired) electrons. The normalized spacial score (nSPS) is 25.8. The Morgan fingerprint density at radius 3 is 2.72 bits per heavy atom. The summed E-state index contributed by atoms with van der Waals surface area (Å²) in [5.74, 6) is -0.974. The number of likely N-dealkylation sites (tertiary alicyclic amines) is 1. The molecule has 7 heteroatoms. The number of carbonyl (C=O) groups is 1. The number of nitro groups is 1. The molecule has 1 aromatic carbocycles. The van der Waals surface area contributed by atoms with Crippen LogP contribution in [0.3, 0.4) is 0 Å². The van der Waals surface area contributed by atoms with Crippen molar-refractivity contribution in [1.82, 2.24) is 9.88 Å². The topological polar surface area (TPSA) is 88.5 Å². The minimum Gasteiger partial charge on any atom is -0.376 e. The number of aromatic amines is 1. The van der Waals surface area contributed by atoms with Crippen molar-refractivity contribution in [3.8, 4) is 0 Å². The molecule has 2 aliphatic rings. The zero-order chi connectivity index (χ0) is 22.9. The number of nitrogens with one attached hydrogen (secondary N) is 1. The summed E-state index contributed by atoms with van der Waals surface area (Å²) in [6.07, 6.45) is 7.45. The fourth-order valence-corrected chi connectivity index (χ4v) is 5.40. The monoisotopic (exact) mass is 437 g/mol. The van der Waals surface area contributed by atoms with Crippen LogP contribution in [-0.4, -0.2) is 47.0 Å². The maximum Gasteiger partial charge on any atom is 0.448 e. The maximum atomic E-state index is 11.4. The van der Waals surface area contributed by atoms with Crippen LogP contribution in [0.15, 0.2) is 42.6 Å². The molecule has 0 saturated carbocycles. The molecule has 4 rings (SSSR count). The predicted octanol–water partition coefficient (Wildman–Crippen LogP) is 4.28. The largest absolute Gasteiger partial charge is 0.448 e. The van der Waals surface area contributed by atoms with Gasteiger partial charge in [-0.2, -0.15) is 0 Å². The third-order valence-electron chi connectivity index (χ3n) is 7.11. The Morgan fingerprint density at radius 1 is 1.28 bits per heavy atom. The van der Waals surface area contributed by atoms with E-state index in [1.807, 2.05) is 30.5 Å². The van der Waals surface area contributed by atoms with Gasteiger partial charge in [0.25, 0.3) is 0 Å². The Bertz CT molecular complexity index is 1030. The van der Waals surface area contributed by atoms with Crippen LogP contribution in [0.5, 0.6) is 0 Å². The molecule has 0 bridgehead atoms. The number of hydrogen-bond donors (Lipinski definition) is 1. The van der Waals surface area contributed by atoms with Gasteiger partial charge in [-0.25, -0.2) is 4.79 Å². The third kappa shape index (κ3) is 4.14. The van der Waals surface area contributed by atoms with Gasteiger partial charge in [0.1, 0.15) is 11.3 Å². The first-order valence-electron chi connectivity index (χ1n) is 11.2. The summed E-state index contributed by atoms with van der Waals surface area (Å²) in [7, 11) is 1.78. The van der Waals surface area contributed by atoms with Crippen molar-refractivity contribution in [3.05, 3.63) is 75.1 Å². The minimum absolute atomic E-state index is 0.0103.